The number of carboxylic acids is 1. The first-order chi connectivity index (χ1) is 24.6. The lowest BCUT2D eigenvalue weighted by Crippen LogP contribution is -2.50. The van der Waals surface area contributed by atoms with Gasteiger partial charge in [-0.15, -0.1) is 0 Å². The maximum Gasteiger partial charge on any atom is 0.362 e. The van der Waals surface area contributed by atoms with Gasteiger partial charge in [0.05, 0.1) is 34.4 Å². The fourth-order valence-corrected chi connectivity index (χ4v) is 5.69. The van der Waals surface area contributed by atoms with Crippen LogP contribution in [0, 0.1) is 0 Å². The van der Waals surface area contributed by atoms with Crippen LogP contribution in [-0.4, -0.2) is 80.6 Å². The summed E-state index contributed by atoms with van der Waals surface area (Å²) in [6.07, 6.45) is 38.7. The van der Waals surface area contributed by atoms with Crippen LogP contribution >= 0.6 is 0 Å². The van der Waals surface area contributed by atoms with E-state index in [1.54, 1.807) is 0 Å². The van der Waals surface area contributed by atoms with Crippen LogP contribution in [0.5, 0.6) is 0 Å². The van der Waals surface area contributed by atoms with Crippen LogP contribution in [0.2, 0.25) is 0 Å². The molecule has 0 heterocycles. The molecule has 0 aliphatic rings. The van der Waals surface area contributed by atoms with Gasteiger partial charge in [-0.3, -0.25) is 9.59 Å². The summed E-state index contributed by atoms with van der Waals surface area (Å²) in [5, 5.41) is 9.59. The van der Waals surface area contributed by atoms with E-state index in [-0.39, 0.29) is 42.7 Å². The van der Waals surface area contributed by atoms with Crippen molar-refractivity contribution < 1.29 is 38.2 Å². The monoisotopic (exact) mass is 719 g/mol. The Bertz CT molecular complexity index is 979. The highest BCUT2D eigenvalue weighted by Gasteiger charge is 2.31. The van der Waals surface area contributed by atoms with Crippen LogP contribution in [0.1, 0.15) is 155 Å². The Kier molecular flexibility index (Phi) is 32.6. The molecule has 0 fully saturated rings. The van der Waals surface area contributed by atoms with Crippen molar-refractivity contribution >= 4 is 17.9 Å². The molecule has 2 unspecified atom stereocenters. The summed E-state index contributed by atoms with van der Waals surface area (Å²) < 4.78 is 17.2. The molecular weight excluding hydrogens is 642 g/mol. The van der Waals surface area contributed by atoms with Gasteiger partial charge in [0.15, 0.2) is 12.1 Å². The van der Waals surface area contributed by atoms with Gasteiger partial charge in [0.25, 0.3) is 0 Å². The molecule has 0 aromatic carbocycles. The lowest BCUT2D eigenvalue weighted by Gasteiger charge is -2.31. The van der Waals surface area contributed by atoms with Crippen molar-refractivity contribution in [3.05, 3.63) is 48.6 Å². The van der Waals surface area contributed by atoms with E-state index in [0.717, 1.165) is 44.9 Å². The molecule has 2 atom stereocenters. The smallest absolute Gasteiger partial charge is 0.362 e. The average molecular weight is 719 g/mol. The van der Waals surface area contributed by atoms with Crippen LogP contribution in [0.4, 0.5) is 0 Å². The number of hydrogen-bond donors (Lipinski definition) is 1. The molecule has 0 spiro atoms. The number of likely N-dealkylation sites (N-methyl/N-ethyl adjacent to an activating group) is 1. The fraction of sp³-hybridized carbons (Fsp3) is 0.744. The molecule has 0 radical (unpaired) electrons. The molecule has 1 N–H and O–H groups in total. The van der Waals surface area contributed by atoms with Crippen LogP contribution in [-0.2, 0) is 28.6 Å². The first-order valence-electron chi connectivity index (χ1n) is 20.2. The molecule has 0 aliphatic carbocycles. The van der Waals surface area contributed by atoms with Gasteiger partial charge in [-0.2, -0.15) is 0 Å². The predicted octanol–water partition coefficient (Wildman–Crippen LogP) is 10.5. The number of unbranched alkanes of at least 4 members (excludes halogenated alkanes) is 16. The molecule has 0 bridgehead atoms. The Morgan fingerprint density at radius 1 is 0.608 bits per heavy atom. The highest BCUT2D eigenvalue weighted by molar-refractivity contribution is 5.72. The molecule has 0 saturated carbocycles. The SMILES string of the molecule is CC/C=C/C=C/C=C/C=C/CCCCCC(=O)OC(COCCC(C(=O)O)[N+](C)(C)C)COC(=O)CCCCCCCCCCCCCCCC. The summed E-state index contributed by atoms with van der Waals surface area (Å²) in [6, 6.07) is -0.621. The molecule has 8 nitrogen and oxygen atoms in total. The van der Waals surface area contributed by atoms with E-state index in [0.29, 0.717) is 19.3 Å². The standard InChI is InChI=1S/C43H75NO7/c1-6-8-10-12-14-16-18-20-22-23-25-27-29-31-33-41(45)50-38-39(37-49-36-35-40(43(47)48)44(3,4)5)51-42(46)34-32-30-28-26-24-21-19-17-15-13-11-9-7-2/h9,11,13,15,17,19,21,24,39-40H,6-8,10,12,14,16,18,20,22-23,25-38H2,1-5H3/p+1/b11-9+,15-13+,19-17+,24-21+. The lowest BCUT2D eigenvalue weighted by molar-refractivity contribution is -0.887. The number of carboxylic acid groups (broad SMARTS) is 1. The normalized spacial score (nSPS) is 13.5. The van der Waals surface area contributed by atoms with Crippen molar-refractivity contribution in [2.45, 2.75) is 167 Å². The largest absolute Gasteiger partial charge is 0.477 e. The lowest BCUT2D eigenvalue weighted by atomic mass is 10.0. The molecule has 0 aromatic rings. The molecule has 0 aliphatic heterocycles. The minimum atomic E-state index is -0.883. The Hall–Kier alpha value is -2.71. The molecule has 0 aromatic heterocycles. The second-order valence-corrected chi connectivity index (χ2v) is 14.6. The van der Waals surface area contributed by atoms with E-state index in [1.807, 2.05) is 57.6 Å². The maximum atomic E-state index is 12.6. The summed E-state index contributed by atoms with van der Waals surface area (Å²) in [5.74, 6) is -1.52. The molecule has 0 saturated heterocycles. The quantitative estimate of drug-likeness (QED) is 0.0301. The zero-order chi connectivity index (χ0) is 37.8. The summed E-state index contributed by atoms with van der Waals surface area (Å²) in [7, 11) is 5.50. The Balaban J connectivity index is 4.45. The summed E-state index contributed by atoms with van der Waals surface area (Å²) in [5.41, 5.74) is 0. The number of aliphatic carboxylic acids is 1. The van der Waals surface area contributed by atoms with E-state index in [4.69, 9.17) is 14.2 Å². The highest BCUT2D eigenvalue weighted by atomic mass is 16.6. The second kappa shape index (κ2) is 34.4. The summed E-state index contributed by atoms with van der Waals surface area (Å²) in [4.78, 5) is 36.8. The predicted molar refractivity (Wildman–Crippen MR) is 211 cm³/mol. The molecular formula is C43H76NO7+. The zero-order valence-electron chi connectivity index (χ0n) is 33.3. The van der Waals surface area contributed by atoms with Gasteiger partial charge in [-0.25, -0.2) is 4.79 Å². The number of hydrogen-bond acceptors (Lipinski definition) is 6. The van der Waals surface area contributed by atoms with E-state index in [2.05, 4.69) is 26.0 Å². The van der Waals surface area contributed by atoms with Crippen molar-refractivity contribution in [2.24, 2.45) is 0 Å². The first-order valence-corrected chi connectivity index (χ1v) is 20.2. The van der Waals surface area contributed by atoms with Gasteiger partial charge in [-0.1, -0.05) is 152 Å². The minimum absolute atomic E-state index is 0.0454. The molecule has 0 rings (SSSR count). The third kappa shape index (κ3) is 32.9. The number of rotatable bonds is 35. The van der Waals surface area contributed by atoms with Crippen LogP contribution in [0.25, 0.3) is 0 Å². The zero-order valence-corrected chi connectivity index (χ0v) is 33.3. The van der Waals surface area contributed by atoms with Gasteiger partial charge < -0.3 is 23.8 Å². The maximum absolute atomic E-state index is 12.6. The van der Waals surface area contributed by atoms with E-state index >= 15 is 0 Å². The van der Waals surface area contributed by atoms with Crippen molar-refractivity contribution in [1.29, 1.82) is 0 Å². The molecule has 51 heavy (non-hydrogen) atoms. The first kappa shape index (κ1) is 48.3. The fourth-order valence-electron chi connectivity index (χ4n) is 5.69. The molecule has 0 amide bonds. The van der Waals surface area contributed by atoms with Gasteiger partial charge in [0.2, 0.25) is 0 Å². The molecule has 294 valence electrons. The van der Waals surface area contributed by atoms with Crippen LogP contribution < -0.4 is 0 Å². The minimum Gasteiger partial charge on any atom is -0.477 e. The number of ether oxygens (including phenoxy) is 3. The second-order valence-electron chi connectivity index (χ2n) is 14.6. The van der Waals surface area contributed by atoms with Crippen LogP contribution in [0.3, 0.4) is 0 Å². The van der Waals surface area contributed by atoms with Gasteiger partial charge in [-0.05, 0) is 32.1 Å². The van der Waals surface area contributed by atoms with E-state index < -0.39 is 18.1 Å². The Morgan fingerprint density at radius 3 is 1.63 bits per heavy atom. The number of quaternary nitrogens is 1. The summed E-state index contributed by atoms with van der Waals surface area (Å²) in [6.45, 7) is 4.54. The number of allylic oxidation sites excluding steroid dienone is 8. The number of carbonyl (C=O) groups is 3. The topological polar surface area (TPSA) is 99.1 Å². The van der Waals surface area contributed by atoms with E-state index in [1.165, 1.54) is 70.6 Å². The van der Waals surface area contributed by atoms with Crippen molar-refractivity contribution in [2.75, 3.05) is 41.0 Å². The van der Waals surface area contributed by atoms with Gasteiger partial charge in [0, 0.05) is 19.3 Å². The Morgan fingerprint density at radius 2 is 1.10 bits per heavy atom. The number of carbonyl (C=O) groups excluding carboxylic acids is 2. The van der Waals surface area contributed by atoms with E-state index in [9.17, 15) is 19.5 Å². The van der Waals surface area contributed by atoms with Gasteiger partial charge in [0.1, 0.15) is 6.61 Å². The molecule has 8 heteroatoms. The third-order valence-electron chi connectivity index (χ3n) is 8.84. The number of esters is 2. The number of nitrogens with zero attached hydrogens (tertiary/aromatic N) is 1. The van der Waals surface area contributed by atoms with Gasteiger partial charge >= 0.3 is 17.9 Å². The summed E-state index contributed by atoms with van der Waals surface area (Å²) >= 11 is 0. The third-order valence-corrected chi connectivity index (χ3v) is 8.84. The van der Waals surface area contributed by atoms with Crippen molar-refractivity contribution in [3.8, 4) is 0 Å². The van der Waals surface area contributed by atoms with Crippen molar-refractivity contribution in [3.63, 3.8) is 0 Å². The Labute approximate surface area is 312 Å². The highest BCUT2D eigenvalue weighted by Crippen LogP contribution is 2.14. The average Bonchev–Trinajstić information content (AvgIpc) is 3.08. The van der Waals surface area contributed by atoms with Crippen LogP contribution in [0.15, 0.2) is 48.6 Å². The van der Waals surface area contributed by atoms with Crippen molar-refractivity contribution in [1.82, 2.24) is 0 Å².